The normalized spacial score (nSPS) is 10.8. The second-order valence-electron chi connectivity index (χ2n) is 6.12. The van der Waals surface area contributed by atoms with E-state index >= 15 is 0 Å². The number of thiazole rings is 1. The highest BCUT2D eigenvalue weighted by Crippen LogP contribution is 2.18. The number of anilines is 1. The molecule has 0 aliphatic rings. The van der Waals surface area contributed by atoms with Gasteiger partial charge in [-0.1, -0.05) is 23.7 Å². The molecule has 0 fully saturated rings. The lowest BCUT2D eigenvalue weighted by Crippen LogP contribution is -2.15. The number of benzene rings is 1. The molecule has 1 N–H and O–H groups in total. The Kier molecular flexibility index (Phi) is 5.45. The number of carbonyl (C=O) groups is 1. The largest absolute Gasteiger partial charge is 0.324 e. The Morgan fingerprint density at radius 3 is 2.89 bits per heavy atom. The van der Waals surface area contributed by atoms with E-state index in [1.54, 1.807) is 40.5 Å². The van der Waals surface area contributed by atoms with Gasteiger partial charge in [-0.05, 0) is 35.9 Å². The standard InChI is InChI=1S/C20H16ClN5OS/c21-15-4-1-3-14(9-15)10-20-25-17(13-28-20)11-19(27)24-16-5-6-18(22-12-16)26-8-2-7-23-26/h1-9,12-13H,10-11H2,(H,24,27). The lowest BCUT2D eigenvalue weighted by atomic mass is 10.2. The van der Waals surface area contributed by atoms with Crippen LogP contribution in [0, 0.1) is 0 Å². The van der Waals surface area contributed by atoms with E-state index in [0.29, 0.717) is 22.9 Å². The fourth-order valence-corrected chi connectivity index (χ4v) is 3.74. The molecule has 0 saturated heterocycles. The third kappa shape index (κ3) is 4.62. The van der Waals surface area contributed by atoms with Crippen molar-refractivity contribution in [3.63, 3.8) is 0 Å². The molecule has 1 amide bonds. The van der Waals surface area contributed by atoms with E-state index in [2.05, 4.69) is 20.4 Å². The van der Waals surface area contributed by atoms with Crippen molar-refractivity contribution < 1.29 is 4.79 Å². The van der Waals surface area contributed by atoms with Crippen LogP contribution in [0.15, 0.2) is 66.4 Å². The predicted molar refractivity (Wildman–Crippen MR) is 110 cm³/mol. The maximum Gasteiger partial charge on any atom is 0.230 e. The summed E-state index contributed by atoms with van der Waals surface area (Å²) in [7, 11) is 0. The first-order valence-electron chi connectivity index (χ1n) is 8.59. The van der Waals surface area contributed by atoms with Gasteiger partial charge in [-0.15, -0.1) is 11.3 Å². The molecule has 140 valence electrons. The monoisotopic (exact) mass is 409 g/mol. The van der Waals surface area contributed by atoms with E-state index in [-0.39, 0.29) is 12.3 Å². The molecule has 6 nitrogen and oxygen atoms in total. The fourth-order valence-electron chi connectivity index (χ4n) is 2.70. The highest BCUT2D eigenvalue weighted by atomic mass is 35.5. The number of aromatic nitrogens is 4. The van der Waals surface area contributed by atoms with Crippen molar-refractivity contribution in [1.29, 1.82) is 0 Å². The minimum absolute atomic E-state index is 0.131. The summed E-state index contributed by atoms with van der Waals surface area (Å²) >= 11 is 7.56. The van der Waals surface area contributed by atoms with Crippen molar-refractivity contribution in [2.75, 3.05) is 5.32 Å². The van der Waals surface area contributed by atoms with E-state index in [0.717, 1.165) is 16.3 Å². The zero-order chi connectivity index (χ0) is 19.3. The molecule has 1 aromatic carbocycles. The average molecular weight is 410 g/mol. The van der Waals surface area contributed by atoms with E-state index < -0.39 is 0 Å². The zero-order valence-corrected chi connectivity index (χ0v) is 16.3. The molecule has 0 aliphatic carbocycles. The van der Waals surface area contributed by atoms with Gasteiger partial charge >= 0.3 is 0 Å². The van der Waals surface area contributed by atoms with Crippen molar-refractivity contribution in [1.82, 2.24) is 19.7 Å². The van der Waals surface area contributed by atoms with Crippen molar-refractivity contribution in [2.45, 2.75) is 12.8 Å². The first-order chi connectivity index (χ1) is 13.7. The van der Waals surface area contributed by atoms with Crippen LogP contribution in [0.5, 0.6) is 0 Å². The Balaban J connectivity index is 1.34. The number of pyridine rings is 1. The third-order valence-corrected chi connectivity index (χ3v) is 5.09. The van der Waals surface area contributed by atoms with Crippen LogP contribution >= 0.6 is 22.9 Å². The number of nitrogens with zero attached hydrogens (tertiary/aromatic N) is 4. The van der Waals surface area contributed by atoms with Crippen LogP contribution in [0.2, 0.25) is 5.02 Å². The van der Waals surface area contributed by atoms with Crippen LogP contribution in [-0.4, -0.2) is 25.7 Å². The second kappa shape index (κ2) is 8.33. The summed E-state index contributed by atoms with van der Waals surface area (Å²) in [5.74, 6) is 0.557. The van der Waals surface area contributed by atoms with Gasteiger partial charge in [0.05, 0.1) is 29.0 Å². The third-order valence-electron chi connectivity index (χ3n) is 3.96. The molecule has 0 unspecified atom stereocenters. The Morgan fingerprint density at radius 2 is 2.14 bits per heavy atom. The molecule has 0 bridgehead atoms. The van der Waals surface area contributed by atoms with E-state index in [9.17, 15) is 4.79 Å². The number of halogens is 1. The van der Waals surface area contributed by atoms with Crippen LogP contribution in [0.25, 0.3) is 5.82 Å². The second-order valence-corrected chi connectivity index (χ2v) is 7.50. The van der Waals surface area contributed by atoms with Gasteiger partial charge in [-0.3, -0.25) is 4.79 Å². The average Bonchev–Trinajstić information content (AvgIpc) is 3.35. The Hall–Kier alpha value is -3.03. The Bertz CT molecular complexity index is 1080. The molecular formula is C20H16ClN5OS. The molecule has 4 aromatic rings. The number of amides is 1. The topological polar surface area (TPSA) is 72.7 Å². The van der Waals surface area contributed by atoms with Crippen LogP contribution in [-0.2, 0) is 17.6 Å². The molecule has 0 atom stereocenters. The van der Waals surface area contributed by atoms with E-state index in [4.69, 9.17) is 11.6 Å². The van der Waals surface area contributed by atoms with Crippen molar-refractivity contribution in [3.05, 3.63) is 87.7 Å². The smallest absolute Gasteiger partial charge is 0.230 e. The predicted octanol–water partition coefficient (Wildman–Crippen LogP) is 4.15. The SMILES string of the molecule is O=C(Cc1csc(Cc2cccc(Cl)c2)n1)Nc1ccc(-n2cccn2)nc1. The number of hydrogen-bond donors (Lipinski definition) is 1. The molecule has 0 aliphatic heterocycles. The summed E-state index contributed by atoms with van der Waals surface area (Å²) in [5.41, 5.74) is 2.48. The quantitative estimate of drug-likeness (QED) is 0.519. The summed E-state index contributed by atoms with van der Waals surface area (Å²) < 4.78 is 1.66. The molecule has 0 radical (unpaired) electrons. The maximum atomic E-state index is 12.3. The zero-order valence-electron chi connectivity index (χ0n) is 14.7. The van der Waals surface area contributed by atoms with Gasteiger partial charge in [0.1, 0.15) is 0 Å². The highest BCUT2D eigenvalue weighted by Gasteiger charge is 2.09. The summed E-state index contributed by atoms with van der Waals surface area (Å²) in [6.07, 6.45) is 6.02. The summed E-state index contributed by atoms with van der Waals surface area (Å²) in [4.78, 5) is 21.2. The molecule has 0 saturated carbocycles. The summed E-state index contributed by atoms with van der Waals surface area (Å²) in [6, 6.07) is 13.1. The van der Waals surface area contributed by atoms with Crippen LogP contribution in [0.1, 0.15) is 16.3 Å². The van der Waals surface area contributed by atoms with Gasteiger partial charge < -0.3 is 5.32 Å². The van der Waals surface area contributed by atoms with Gasteiger partial charge in [0, 0.05) is 29.2 Å². The van der Waals surface area contributed by atoms with Crippen LogP contribution in [0.4, 0.5) is 5.69 Å². The van der Waals surface area contributed by atoms with Gasteiger partial charge in [-0.2, -0.15) is 5.10 Å². The lowest BCUT2D eigenvalue weighted by molar-refractivity contribution is -0.115. The lowest BCUT2D eigenvalue weighted by Gasteiger charge is -2.05. The molecule has 4 rings (SSSR count). The molecule has 0 spiro atoms. The molecule has 3 heterocycles. The molecule has 3 aromatic heterocycles. The first kappa shape index (κ1) is 18.3. The van der Waals surface area contributed by atoms with Gasteiger partial charge in [-0.25, -0.2) is 14.6 Å². The Morgan fingerprint density at radius 1 is 1.21 bits per heavy atom. The number of nitrogens with one attached hydrogen (secondary N) is 1. The van der Waals surface area contributed by atoms with E-state index in [1.807, 2.05) is 41.9 Å². The fraction of sp³-hybridized carbons (Fsp3) is 0.100. The van der Waals surface area contributed by atoms with Gasteiger partial charge in [0.2, 0.25) is 5.91 Å². The van der Waals surface area contributed by atoms with Crippen LogP contribution < -0.4 is 5.32 Å². The highest BCUT2D eigenvalue weighted by molar-refractivity contribution is 7.09. The number of carbonyl (C=O) groups excluding carboxylic acids is 1. The molecule has 8 heteroatoms. The molecular weight excluding hydrogens is 394 g/mol. The van der Waals surface area contributed by atoms with E-state index in [1.165, 1.54) is 0 Å². The van der Waals surface area contributed by atoms with Crippen LogP contribution in [0.3, 0.4) is 0 Å². The summed E-state index contributed by atoms with van der Waals surface area (Å²) in [5, 5.41) is 10.5. The van der Waals surface area contributed by atoms with Gasteiger partial charge in [0.15, 0.2) is 5.82 Å². The minimum Gasteiger partial charge on any atom is -0.324 e. The Labute approximate surface area is 170 Å². The number of hydrogen-bond acceptors (Lipinski definition) is 5. The summed E-state index contributed by atoms with van der Waals surface area (Å²) in [6.45, 7) is 0. The maximum absolute atomic E-state index is 12.3. The van der Waals surface area contributed by atoms with Crippen molar-refractivity contribution in [3.8, 4) is 5.82 Å². The molecule has 28 heavy (non-hydrogen) atoms. The van der Waals surface area contributed by atoms with Crippen molar-refractivity contribution in [2.24, 2.45) is 0 Å². The first-order valence-corrected chi connectivity index (χ1v) is 9.85. The van der Waals surface area contributed by atoms with Crippen molar-refractivity contribution >= 4 is 34.5 Å². The van der Waals surface area contributed by atoms with Gasteiger partial charge in [0.25, 0.3) is 0 Å². The number of rotatable bonds is 6. The minimum atomic E-state index is -0.131.